The van der Waals surface area contributed by atoms with Crippen molar-refractivity contribution < 1.29 is 9.53 Å². The maximum atomic E-state index is 12.1. The smallest absolute Gasteiger partial charge is 0.258 e. The molecule has 4 nitrogen and oxygen atoms in total. The number of nitrogens with one attached hydrogen (secondary N) is 1. The molecule has 0 unspecified atom stereocenters. The van der Waals surface area contributed by atoms with Gasteiger partial charge in [-0.05, 0) is 29.5 Å². The number of ether oxygens (including phenoxy) is 1. The Kier molecular flexibility index (Phi) is 5.56. The van der Waals surface area contributed by atoms with E-state index in [9.17, 15) is 4.79 Å². The molecule has 0 radical (unpaired) electrons. The van der Waals surface area contributed by atoms with Crippen LogP contribution in [-0.4, -0.2) is 12.5 Å². The molecule has 2 rings (SSSR count). The molecule has 0 bridgehead atoms. The lowest BCUT2D eigenvalue weighted by Crippen LogP contribution is -2.34. The predicted molar refractivity (Wildman–Crippen MR) is 86.7 cm³/mol. The fourth-order valence-electron chi connectivity index (χ4n) is 2.08. The molecule has 1 aromatic heterocycles. The van der Waals surface area contributed by atoms with Gasteiger partial charge in [-0.1, -0.05) is 32.0 Å². The van der Waals surface area contributed by atoms with Gasteiger partial charge in [0.1, 0.15) is 11.8 Å². The predicted octanol–water partition coefficient (Wildman–Crippen LogP) is 3.51. The Morgan fingerprint density at radius 1 is 1.32 bits per heavy atom. The summed E-state index contributed by atoms with van der Waals surface area (Å²) >= 11 is 1.62. The molecular weight excluding hydrogens is 296 g/mol. The number of amides is 1. The molecule has 0 fully saturated rings. The lowest BCUT2D eigenvalue weighted by Gasteiger charge is -2.21. The van der Waals surface area contributed by atoms with Gasteiger partial charge in [-0.25, -0.2) is 0 Å². The standard InChI is InChI=1S/C17H18N2O2S/c1-12(2)17(15-8-5-9-22-15)19-16(20)11-21-14-7-4-3-6-13(14)10-18/h3-9,12,17H,11H2,1-2H3,(H,19,20)/t17-/m0/s1. The van der Waals surface area contributed by atoms with Gasteiger partial charge < -0.3 is 10.1 Å². The van der Waals surface area contributed by atoms with E-state index in [1.165, 1.54) is 0 Å². The number of para-hydroxylation sites is 1. The first-order valence-corrected chi connectivity index (χ1v) is 7.94. The molecule has 1 heterocycles. The van der Waals surface area contributed by atoms with Crippen LogP contribution < -0.4 is 10.1 Å². The highest BCUT2D eigenvalue weighted by atomic mass is 32.1. The van der Waals surface area contributed by atoms with E-state index >= 15 is 0 Å². The number of thiophene rings is 1. The minimum absolute atomic E-state index is 0.0256. The van der Waals surface area contributed by atoms with Crippen molar-refractivity contribution in [1.29, 1.82) is 5.26 Å². The number of nitrogens with zero attached hydrogens (tertiary/aromatic N) is 1. The van der Waals surface area contributed by atoms with Gasteiger partial charge in [-0.15, -0.1) is 11.3 Å². The third-order valence-corrected chi connectivity index (χ3v) is 4.15. The van der Waals surface area contributed by atoms with Crippen molar-refractivity contribution in [2.75, 3.05) is 6.61 Å². The van der Waals surface area contributed by atoms with Crippen LogP contribution in [-0.2, 0) is 4.79 Å². The molecule has 22 heavy (non-hydrogen) atoms. The number of carbonyl (C=O) groups is 1. The lowest BCUT2D eigenvalue weighted by atomic mass is 10.0. The summed E-state index contributed by atoms with van der Waals surface area (Å²) in [5.41, 5.74) is 0.425. The highest BCUT2D eigenvalue weighted by Crippen LogP contribution is 2.25. The van der Waals surface area contributed by atoms with E-state index < -0.39 is 0 Å². The van der Waals surface area contributed by atoms with Crippen LogP contribution >= 0.6 is 11.3 Å². The van der Waals surface area contributed by atoms with Crippen LogP contribution in [0, 0.1) is 17.2 Å². The van der Waals surface area contributed by atoms with Gasteiger partial charge in [0, 0.05) is 4.88 Å². The molecule has 0 aliphatic heterocycles. The molecular formula is C17H18N2O2S. The number of rotatable bonds is 6. The number of nitriles is 1. The SMILES string of the molecule is CC(C)[C@H](NC(=O)COc1ccccc1C#N)c1cccs1. The Bertz CT molecular complexity index is 660. The van der Waals surface area contributed by atoms with Crippen molar-refractivity contribution in [3.8, 4) is 11.8 Å². The van der Waals surface area contributed by atoms with Crippen LogP contribution in [0.4, 0.5) is 0 Å². The third-order valence-electron chi connectivity index (χ3n) is 3.20. The van der Waals surface area contributed by atoms with Gasteiger partial charge in [0.15, 0.2) is 6.61 Å². The summed E-state index contributed by atoms with van der Waals surface area (Å²) in [6.07, 6.45) is 0. The van der Waals surface area contributed by atoms with Gasteiger partial charge in [0.25, 0.3) is 5.91 Å². The van der Waals surface area contributed by atoms with E-state index in [1.807, 2.05) is 23.6 Å². The quantitative estimate of drug-likeness (QED) is 0.887. The minimum atomic E-state index is -0.195. The van der Waals surface area contributed by atoms with E-state index in [4.69, 9.17) is 10.00 Å². The van der Waals surface area contributed by atoms with E-state index in [1.54, 1.807) is 35.6 Å². The zero-order valence-corrected chi connectivity index (χ0v) is 13.4. The second-order valence-electron chi connectivity index (χ2n) is 5.20. The monoisotopic (exact) mass is 314 g/mol. The zero-order valence-electron chi connectivity index (χ0n) is 12.6. The van der Waals surface area contributed by atoms with Gasteiger partial charge in [0.2, 0.25) is 0 Å². The molecule has 1 N–H and O–H groups in total. The van der Waals surface area contributed by atoms with Gasteiger partial charge >= 0.3 is 0 Å². The van der Waals surface area contributed by atoms with Crippen LogP contribution in [0.25, 0.3) is 0 Å². The topological polar surface area (TPSA) is 62.1 Å². The highest BCUT2D eigenvalue weighted by Gasteiger charge is 2.19. The molecule has 1 aromatic carbocycles. The van der Waals surface area contributed by atoms with E-state index in [0.29, 0.717) is 11.3 Å². The van der Waals surface area contributed by atoms with Gasteiger partial charge in [-0.3, -0.25) is 4.79 Å². The maximum absolute atomic E-state index is 12.1. The van der Waals surface area contributed by atoms with Crippen molar-refractivity contribution in [2.45, 2.75) is 19.9 Å². The summed E-state index contributed by atoms with van der Waals surface area (Å²) in [6.45, 7) is 4.03. The average Bonchev–Trinajstić information content (AvgIpc) is 3.04. The summed E-state index contributed by atoms with van der Waals surface area (Å²) < 4.78 is 5.46. The fourth-order valence-corrected chi connectivity index (χ4v) is 3.03. The van der Waals surface area contributed by atoms with Crippen molar-refractivity contribution in [3.05, 3.63) is 52.2 Å². The van der Waals surface area contributed by atoms with Crippen molar-refractivity contribution in [3.63, 3.8) is 0 Å². The second-order valence-corrected chi connectivity index (χ2v) is 6.18. The second kappa shape index (κ2) is 7.62. The lowest BCUT2D eigenvalue weighted by molar-refractivity contribution is -0.124. The van der Waals surface area contributed by atoms with Crippen LogP contribution in [0.15, 0.2) is 41.8 Å². The molecule has 1 amide bonds. The summed E-state index contributed by atoms with van der Waals surface area (Å²) in [6, 6.07) is 12.9. The summed E-state index contributed by atoms with van der Waals surface area (Å²) in [4.78, 5) is 13.2. The summed E-state index contributed by atoms with van der Waals surface area (Å²) in [5, 5.41) is 14.0. The molecule has 1 atom stereocenters. The minimum Gasteiger partial charge on any atom is -0.482 e. The molecule has 2 aromatic rings. The van der Waals surface area contributed by atoms with Crippen molar-refractivity contribution in [2.24, 2.45) is 5.92 Å². The Hall–Kier alpha value is -2.32. The molecule has 5 heteroatoms. The maximum Gasteiger partial charge on any atom is 0.258 e. The Morgan fingerprint density at radius 3 is 2.73 bits per heavy atom. The number of hydrogen-bond donors (Lipinski definition) is 1. The summed E-state index contributed by atoms with van der Waals surface area (Å²) in [7, 11) is 0. The third kappa shape index (κ3) is 4.09. The highest BCUT2D eigenvalue weighted by molar-refractivity contribution is 7.10. The number of hydrogen-bond acceptors (Lipinski definition) is 4. The molecule has 0 saturated carbocycles. The molecule has 0 saturated heterocycles. The first-order valence-electron chi connectivity index (χ1n) is 7.06. The van der Waals surface area contributed by atoms with Gasteiger partial charge in [-0.2, -0.15) is 5.26 Å². The number of benzene rings is 1. The van der Waals surface area contributed by atoms with Crippen LogP contribution in [0.2, 0.25) is 0 Å². The Labute approximate surface area is 134 Å². The van der Waals surface area contributed by atoms with E-state index in [0.717, 1.165) is 4.88 Å². The van der Waals surface area contributed by atoms with Crippen molar-refractivity contribution in [1.82, 2.24) is 5.32 Å². The van der Waals surface area contributed by atoms with E-state index in [2.05, 4.69) is 19.2 Å². The largest absolute Gasteiger partial charge is 0.482 e. The molecule has 0 aliphatic rings. The zero-order chi connectivity index (χ0) is 15.9. The van der Waals surface area contributed by atoms with Crippen LogP contribution in [0.3, 0.4) is 0 Å². The average molecular weight is 314 g/mol. The molecule has 0 spiro atoms. The van der Waals surface area contributed by atoms with Crippen molar-refractivity contribution >= 4 is 17.2 Å². The van der Waals surface area contributed by atoms with Gasteiger partial charge in [0.05, 0.1) is 11.6 Å². The molecule has 0 aliphatic carbocycles. The first kappa shape index (κ1) is 16.1. The molecule has 114 valence electrons. The Balaban J connectivity index is 1.96. The normalized spacial score (nSPS) is 11.7. The van der Waals surface area contributed by atoms with E-state index in [-0.39, 0.29) is 24.5 Å². The fraction of sp³-hybridized carbons (Fsp3) is 0.294. The Morgan fingerprint density at radius 2 is 2.09 bits per heavy atom. The number of carbonyl (C=O) groups excluding carboxylic acids is 1. The van der Waals surface area contributed by atoms with Crippen LogP contribution in [0.1, 0.15) is 30.3 Å². The summed E-state index contributed by atoms with van der Waals surface area (Å²) in [5.74, 6) is 0.520. The first-order chi connectivity index (χ1) is 10.6. The van der Waals surface area contributed by atoms with Crippen LogP contribution in [0.5, 0.6) is 5.75 Å².